The van der Waals surface area contributed by atoms with Gasteiger partial charge in [0.1, 0.15) is 0 Å². The van der Waals surface area contributed by atoms with E-state index in [1.54, 1.807) is 0 Å². The zero-order valence-corrected chi connectivity index (χ0v) is 16.0. The van der Waals surface area contributed by atoms with Crippen molar-refractivity contribution in [3.05, 3.63) is 76.9 Å². The molecule has 0 amide bonds. The van der Waals surface area contributed by atoms with E-state index in [1.807, 2.05) is 31.2 Å². The fourth-order valence-electron chi connectivity index (χ4n) is 3.26. The van der Waals surface area contributed by atoms with E-state index in [2.05, 4.69) is 42.5 Å². The van der Waals surface area contributed by atoms with Crippen LogP contribution in [0.5, 0.6) is 0 Å². The van der Waals surface area contributed by atoms with E-state index in [9.17, 15) is 9.46 Å². The smallest absolute Gasteiger partial charge is 0.312 e. The van der Waals surface area contributed by atoms with Crippen molar-refractivity contribution in [2.45, 2.75) is 13.3 Å². The first-order valence-corrected chi connectivity index (χ1v) is 10.3. The summed E-state index contributed by atoms with van der Waals surface area (Å²) in [6, 6.07) is 16.6. The average Bonchev–Trinajstić information content (AvgIpc) is 2.82. The summed E-state index contributed by atoms with van der Waals surface area (Å²) in [6.07, 6.45) is 7.09. The molecule has 0 saturated heterocycles. The molecular formula is C21H24NO3P. The van der Waals surface area contributed by atoms with Crippen LogP contribution < -0.4 is 0 Å². The Labute approximate surface area is 155 Å². The van der Waals surface area contributed by atoms with Gasteiger partial charge in [-0.25, -0.2) is 9.24 Å². The van der Waals surface area contributed by atoms with Crippen LogP contribution in [0.2, 0.25) is 0 Å². The Balaban J connectivity index is 1.95. The summed E-state index contributed by atoms with van der Waals surface area (Å²) in [5.74, 6) is 0. The van der Waals surface area contributed by atoms with Crippen LogP contribution in [0.3, 0.4) is 0 Å². The lowest BCUT2D eigenvalue weighted by Crippen LogP contribution is -2.21. The summed E-state index contributed by atoms with van der Waals surface area (Å²) in [7, 11) is -2.43. The molecule has 3 rings (SSSR count). The normalized spacial score (nSPS) is 15.2. The fraction of sp³-hybridized carbons (Fsp3) is 0.238. The van der Waals surface area contributed by atoms with Crippen LogP contribution in [0, 0.1) is 0 Å². The minimum absolute atomic E-state index is 0.458. The largest absolute Gasteiger partial charge is 0.405 e. The van der Waals surface area contributed by atoms with Gasteiger partial charge >= 0.3 is 7.75 Å². The number of benzene rings is 2. The molecule has 4 nitrogen and oxygen atoms in total. The first kappa shape index (κ1) is 18.8. The third-order valence-electron chi connectivity index (χ3n) is 4.64. The van der Waals surface area contributed by atoms with E-state index in [0.717, 1.165) is 5.57 Å². The topological polar surface area (TPSA) is 49.8 Å². The molecule has 136 valence electrons. The maximum Gasteiger partial charge on any atom is 0.405 e. The quantitative estimate of drug-likeness (QED) is 0.617. The van der Waals surface area contributed by atoms with Crippen LogP contribution in [0.25, 0.3) is 17.7 Å². The van der Waals surface area contributed by atoms with Gasteiger partial charge in [-0.15, -0.1) is 0 Å². The monoisotopic (exact) mass is 369 g/mol. The Morgan fingerprint density at radius 3 is 2.08 bits per heavy atom. The number of fused-ring (bicyclic) bond motifs is 2. The van der Waals surface area contributed by atoms with Gasteiger partial charge in [0, 0.05) is 20.2 Å². The predicted molar refractivity (Wildman–Crippen MR) is 108 cm³/mol. The van der Waals surface area contributed by atoms with Crippen molar-refractivity contribution in [2.75, 3.05) is 20.2 Å². The SMILES string of the molecule is CCN(CCC=C1c2ccccc2C=Cc2ccccc21)P(=O)(O)OC. The third-order valence-corrected chi connectivity index (χ3v) is 6.31. The number of nitrogens with zero attached hydrogens (tertiary/aromatic N) is 1. The molecule has 0 heterocycles. The van der Waals surface area contributed by atoms with Crippen molar-refractivity contribution >= 4 is 25.5 Å². The van der Waals surface area contributed by atoms with Crippen molar-refractivity contribution in [3.63, 3.8) is 0 Å². The highest BCUT2D eigenvalue weighted by atomic mass is 31.2. The number of hydrogen-bond acceptors (Lipinski definition) is 2. The van der Waals surface area contributed by atoms with Gasteiger partial charge in [-0.3, -0.25) is 0 Å². The standard InChI is InChI=1S/C21H24NO3P/c1-3-22(26(23,24)25-2)16-8-13-21-19-11-6-4-9-17(19)14-15-18-10-5-7-12-20(18)21/h4-7,9-15H,3,8,16H2,1-2H3,(H,23,24). The van der Waals surface area contributed by atoms with Crippen LogP contribution in [0.4, 0.5) is 0 Å². The summed E-state index contributed by atoms with van der Waals surface area (Å²) >= 11 is 0. The van der Waals surface area contributed by atoms with E-state index in [0.29, 0.717) is 19.5 Å². The molecule has 5 heteroatoms. The highest BCUT2D eigenvalue weighted by Gasteiger charge is 2.26. The molecule has 1 atom stereocenters. The first-order chi connectivity index (χ1) is 12.6. The second kappa shape index (κ2) is 8.15. The molecule has 1 unspecified atom stereocenters. The highest BCUT2D eigenvalue weighted by Crippen LogP contribution is 2.45. The summed E-state index contributed by atoms with van der Waals surface area (Å²) in [5.41, 5.74) is 5.85. The number of rotatable bonds is 6. The van der Waals surface area contributed by atoms with Gasteiger partial charge in [0.2, 0.25) is 0 Å². The summed E-state index contributed by atoms with van der Waals surface area (Å²) in [4.78, 5) is 9.91. The van der Waals surface area contributed by atoms with Crippen molar-refractivity contribution in [1.29, 1.82) is 0 Å². The molecule has 0 radical (unpaired) electrons. The van der Waals surface area contributed by atoms with E-state index in [1.165, 1.54) is 34.0 Å². The van der Waals surface area contributed by atoms with Gasteiger partial charge in [0.05, 0.1) is 0 Å². The molecule has 2 aromatic rings. The van der Waals surface area contributed by atoms with Gasteiger partial charge in [-0.05, 0) is 34.2 Å². The zero-order valence-electron chi connectivity index (χ0n) is 15.1. The summed E-state index contributed by atoms with van der Waals surface area (Å²) in [5, 5.41) is 0. The molecule has 26 heavy (non-hydrogen) atoms. The molecular weight excluding hydrogens is 345 g/mol. The van der Waals surface area contributed by atoms with Crippen molar-refractivity contribution in [1.82, 2.24) is 4.67 Å². The fourth-order valence-corrected chi connectivity index (χ4v) is 4.21. The molecule has 0 aromatic heterocycles. The van der Waals surface area contributed by atoms with Gasteiger partial charge in [-0.2, -0.15) is 0 Å². The molecule has 0 saturated carbocycles. The van der Waals surface area contributed by atoms with Crippen LogP contribution in [0.1, 0.15) is 35.6 Å². The second-order valence-corrected chi connectivity index (χ2v) is 8.05. The lowest BCUT2D eigenvalue weighted by molar-refractivity contribution is 0.241. The predicted octanol–water partition coefficient (Wildman–Crippen LogP) is 5.06. The minimum Gasteiger partial charge on any atom is -0.312 e. The Morgan fingerprint density at radius 2 is 1.58 bits per heavy atom. The lowest BCUT2D eigenvalue weighted by Gasteiger charge is -2.23. The van der Waals surface area contributed by atoms with Crippen molar-refractivity contribution in [2.24, 2.45) is 0 Å². The zero-order chi connectivity index (χ0) is 18.6. The average molecular weight is 369 g/mol. The number of hydrogen-bond donors (Lipinski definition) is 1. The molecule has 1 aliphatic rings. The molecule has 1 aliphatic carbocycles. The van der Waals surface area contributed by atoms with Gasteiger partial charge < -0.3 is 9.42 Å². The van der Waals surface area contributed by atoms with Crippen LogP contribution in [0.15, 0.2) is 54.6 Å². The maximum atomic E-state index is 12.1. The molecule has 2 aromatic carbocycles. The van der Waals surface area contributed by atoms with Crippen LogP contribution in [-0.4, -0.2) is 29.8 Å². The molecule has 0 fully saturated rings. The molecule has 0 spiro atoms. The van der Waals surface area contributed by atoms with Crippen LogP contribution >= 0.6 is 7.75 Å². The van der Waals surface area contributed by atoms with Crippen molar-refractivity contribution < 1.29 is 14.0 Å². The minimum atomic E-state index is -3.70. The first-order valence-electron chi connectivity index (χ1n) is 8.78. The third kappa shape index (κ3) is 3.89. The van der Waals surface area contributed by atoms with Crippen molar-refractivity contribution in [3.8, 4) is 0 Å². The lowest BCUT2D eigenvalue weighted by atomic mass is 9.93. The molecule has 1 N–H and O–H groups in total. The van der Waals surface area contributed by atoms with Gasteiger partial charge in [0.15, 0.2) is 0 Å². The maximum absolute atomic E-state index is 12.1. The van der Waals surface area contributed by atoms with E-state index < -0.39 is 7.75 Å². The highest BCUT2D eigenvalue weighted by molar-refractivity contribution is 7.50. The Morgan fingerprint density at radius 1 is 1.04 bits per heavy atom. The van der Waals surface area contributed by atoms with Gasteiger partial charge in [0.25, 0.3) is 0 Å². The summed E-state index contributed by atoms with van der Waals surface area (Å²) in [6.45, 7) is 2.77. The van der Waals surface area contributed by atoms with Crippen LogP contribution in [-0.2, 0) is 9.09 Å². The van der Waals surface area contributed by atoms with E-state index in [4.69, 9.17) is 4.52 Å². The Bertz CT molecular complexity index is 837. The Kier molecular flexibility index (Phi) is 5.90. The molecule has 0 aliphatic heterocycles. The second-order valence-electron chi connectivity index (χ2n) is 6.13. The summed E-state index contributed by atoms with van der Waals surface area (Å²) < 4.78 is 18.3. The van der Waals surface area contributed by atoms with Gasteiger partial charge in [-0.1, -0.05) is 73.7 Å². The van der Waals surface area contributed by atoms with E-state index >= 15 is 0 Å². The van der Waals surface area contributed by atoms with E-state index in [-0.39, 0.29) is 0 Å². The molecule has 0 bridgehead atoms. The Hall–Kier alpha value is -1.97.